The van der Waals surface area contributed by atoms with Crippen LogP contribution in [0.25, 0.3) is 11.3 Å². The first-order chi connectivity index (χ1) is 27.5. The molecule has 0 bridgehead atoms. The van der Waals surface area contributed by atoms with Gasteiger partial charge >= 0.3 is 6.09 Å². The molecule has 0 radical (unpaired) electrons. The van der Waals surface area contributed by atoms with Gasteiger partial charge in [-0.3, -0.25) is 23.9 Å². The minimum Gasteiger partial charge on any atom is -0.497 e. The molecule has 5 amide bonds. The minimum atomic E-state index is -3.92. The molecule has 3 N–H and O–H groups in total. The molecule has 1 aromatic carbocycles. The lowest BCUT2D eigenvalue weighted by molar-refractivity contribution is -0.142. The first-order valence-electron chi connectivity index (χ1n) is 19.7. The number of nitrogens with zero attached hydrogens (tertiary/aromatic N) is 3. The van der Waals surface area contributed by atoms with Gasteiger partial charge in [-0.1, -0.05) is 25.0 Å². The largest absolute Gasteiger partial charge is 0.497 e. The van der Waals surface area contributed by atoms with Gasteiger partial charge in [-0.05, 0) is 62.8 Å². The number of ether oxygens (including phenoxy) is 3. The average Bonchev–Trinajstić information content (AvgIpc) is 3.86. The third kappa shape index (κ3) is 8.26. The maximum absolute atomic E-state index is 14.7. The Balaban J connectivity index is 1.06. The number of hydrogen-bond donors (Lipinski definition) is 3. The Morgan fingerprint density at radius 2 is 1.84 bits per heavy atom. The molecule has 18 heteroatoms. The van der Waals surface area contributed by atoms with E-state index >= 15 is 0 Å². The lowest BCUT2D eigenvalue weighted by Crippen LogP contribution is -2.60. The Labute approximate surface area is 335 Å². The molecule has 306 valence electrons. The number of likely N-dealkylation sites (tertiary alicyclic amines) is 1. The highest BCUT2D eigenvalue weighted by Crippen LogP contribution is 2.47. The summed E-state index contributed by atoms with van der Waals surface area (Å²) < 4.78 is 44.2. The lowest BCUT2D eigenvalue weighted by atomic mass is 9.93. The number of thiazole rings is 1. The number of hydrogen-bond acceptors (Lipinski definition) is 12. The van der Waals surface area contributed by atoms with E-state index in [1.807, 2.05) is 41.8 Å². The number of methoxy groups -OCH3 is 1. The zero-order valence-corrected chi connectivity index (χ0v) is 33.4. The number of benzene rings is 1. The number of nitrogens with one attached hydrogen (secondary N) is 3. The van der Waals surface area contributed by atoms with Crippen LogP contribution < -0.4 is 20.1 Å². The van der Waals surface area contributed by atoms with Gasteiger partial charge in [-0.2, -0.15) is 0 Å². The summed E-state index contributed by atoms with van der Waals surface area (Å²) in [6, 6.07) is 5.25. The van der Waals surface area contributed by atoms with E-state index in [2.05, 4.69) is 20.3 Å². The van der Waals surface area contributed by atoms with Crippen molar-refractivity contribution in [2.24, 2.45) is 17.8 Å². The zero-order valence-electron chi connectivity index (χ0n) is 31.7. The third-order valence-corrected chi connectivity index (χ3v) is 14.7. The molecule has 2 aromatic rings. The number of aromatic nitrogens is 1. The summed E-state index contributed by atoms with van der Waals surface area (Å²) in [5.41, 5.74) is -0.0631. The van der Waals surface area contributed by atoms with E-state index < -0.39 is 74.7 Å². The molecule has 7 atom stereocenters. The van der Waals surface area contributed by atoms with Crippen LogP contribution in [0.1, 0.15) is 67.6 Å². The van der Waals surface area contributed by atoms with Crippen molar-refractivity contribution >= 4 is 51.1 Å². The molecule has 0 spiro atoms. The van der Waals surface area contributed by atoms with Crippen molar-refractivity contribution in [1.29, 1.82) is 0 Å². The van der Waals surface area contributed by atoms with Crippen LogP contribution in [-0.2, 0) is 33.9 Å². The Bertz CT molecular complexity index is 2030. The summed E-state index contributed by atoms with van der Waals surface area (Å²) in [6.07, 6.45) is 7.48. The fraction of sp³-hybridized carbons (Fsp3) is 0.590. The predicted molar refractivity (Wildman–Crippen MR) is 206 cm³/mol. The summed E-state index contributed by atoms with van der Waals surface area (Å²) in [7, 11) is -2.33. The summed E-state index contributed by atoms with van der Waals surface area (Å²) in [4.78, 5) is 77.9. The summed E-state index contributed by atoms with van der Waals surface area (Å²) in [5, 5.41) is 7.15. The molecular formula is C39H48N6O10S2. The standard InChI is InChI=1S/C39H48N6O10S2/c1-53-26-11-9-23(10-12-26)31-22-56-34(40-31)36(48)44-18-24-19-45-32(29(24)20-44)33(46)42-39(37(49)43-57(51,52)28-13-14-28)17-25(39)7-5-3-2-4-6-8-30(35(45)47)41-38(50)55-27-15-16-54-21-27/h5,7,9-12,22,24-25,27-30,32H,2-4,6,8,13-21H2,1H3,(H,41,50)(H,42,46)(H,43,49)/b7-5-/t24-,25+,27?,29-,30-,32-,39-/m0/s1. The molecule has 5 fully saturated rings. The fourth-order valence-corrected chi connectivity index (χ4v) is 10.7. The SMILES string of the molecule is COc1ccc(-c2csc(C(=O)N3C[C@H]4CN5C(=O)[C@@H](NC(=O)OC6CCOC6)CCCCC/C=C\[C@@H]6C[C@]6(C(=O)NS(=O)(=O)C6CC6)NC(=O)[C@@H]5[C@H]4C3)n2)cc1. The van der Waals surface area contributed by atoms with Crippen LogP contribution in [0.5, 0.6) is 5.75 Å². The highest BCUT2D eigenvalue weighted by atomic mass is 32.2. The van der Waals surface area contributed by atoms with E-state index in [0.29, 0.717) is 56.6 Å². The number of rotatable bonds is 8. The summed E-state index contributed by atoms with van der Waals surface area (Å²) in [5.74, 6) is -2.73. The molecule has 2 saturated carbocycles. The fourth-order valence-electron chi connectivity index (χ4n) is 8.57. The van der Waals surface area contributed by atoms with Gasteiger partial charge in [0.05, 0.1) is 31.3 Å². The smallest absolute Gasteiger partial charge is 0.408 e. The summed E-state index contributed by atoms with van der Waals surface area (Å²) >= 11 is 1.22. The average molecular weight is 825 g/mol. The minimum absolute atomic E-state index is 0.128. The quantitative estimate of drug-likeness (QED) is 0.331. The van der Waals surface area contributed by atoms with Crippen molar-refractivity contribution in [2.45, 2.75) is 86.8 Å². The summed E-state index contributed by atoms with van der Waals surface area (Å²) in [6.45, 7) is 1.27. The van der Waals surface area contributed by atoms with Gasteiger partial charge < -0.3 is 34.6 Å². The van der Waals surface area contributed by atoms with Crippen molar-refractivity contribution in [3.8, 4) is 17.0 Å². The molecular weight excluding hydrogens is 777 g/mol. The molecule has 1 unspecified atom stereocenters. The molecule has 4 aliphatic heterocycles. The van der Waals surface area contributed by atoms with Gasteiger partial charge in [0, 0.05) is 54.8 Å². The number of alkyl carbamates (subject to hydrolysis) is 1. The molecule has 6 aliphatic rings. The predicted octanol–water partition coefficient (Wildman–Crippen LogP) is 2.61. The first kappa shape index (κ1) is 39.3. The highest BCUT2D eigenvalue weighted by molar-refractivity contribution is 7.91. The van der Waals surface area contributed by atoms with Gasteiger partial charge in [-0.15, -0.1) is 11.3 Å². The molecule has 8 rings (SSSR count). The van der Waals surface area contributed by atoms with E-state index in [1.165, 1.54) is 16.2 Å². The Morgan fingerprint density at radius 3 is 2.58 bits per heavy atom. The van der Waals surface area contributed by atoms with Crippen LogP contribution >= 0.6 is 11.3 Å². The lowest BCUT2D eigenvalue weighted by Gasteiger charge is -2.32. The Morgan fingerprint density at radius 1 is 1.04 bits per heavy atom. The van der Waals surface area contributed by atoms with E-state index in [9.17, 15) is 32.4 Å². The van der Waals surface area contributed by atoms with Crippen LogP contribution in [0, 0.1) is 17.8 Å². The van der Waals surface area contributed by atoms with Gasteiger partial charge in [0.1, 0.15) is 29.5 Å². The highest BCUT2D eigenvalue weighted by Gasteiger charge is 2.63. The van der Waals surface area contributed by atoms with Crippen LogP contribution in [0.3, 0.4) is 0 Å². The second-order valence-corrected chi connectivity index (χ2v) is 18.8. The molecule has 3 saturated heterocycles. The Hall–Kier alpha value is -4.55. The Kier molecular flexibility index (Phi) is 11.0. The molecule has 1 aromatic heterocycles. The molecule has 2 aliphatic carbocycles. The maximum atomic E-state index is 14.7. The van der Waals surface area contributed by atoms with Crippen molar-refractivity contribution in [3.05, 3.63) is 46.8 Å². The number of carbonyl (C=O) groups is 5. The number of sulfonamides is 1. The number of amides is 5. The first-order valence-corrected chi connectivity index (χ1v) is 22.2. The van der Waals surface area contributed by atoms with E-state index in [1.54, 1.807) is 12.0 Å². The van der Waals surface area contributed by atoms with Gasteiger partial charge in [-0.25, -0.2) is 18.2 Å². The normalized spacial score (nSPS) is 30.8. The number of allylic oxidation sites excluding steroid dienone is 1. The van der Waals surface area contributed by atoms with E-state index in [0.717, 1.165) is 18.4 Å². The molecule has 5 heterocycles. The molecule has 16 nitrogen and oxygen atoms in total. The van der Waals surface area contributed by atoms with Crippen LogP contribution in [0.15, 0.2) is 41.8 Å². The van der Waals surface area contributed by atoms with Crippen molar-refractivity contribution in [1.82, 2.24) is 30.1 Å². The van der Waals surface area contributed by atoms with Gasteiger partial charge in [0.15, 0.2) is 5.01 Å². The van der Waals surface area contributed by atoms with Gasteiger partial charge in [0.25, 0.3) is 11.8 Å². The monoisotopic (exact) mass is 824 g/mol. The number of carbonyl (C=O) groups excluding carboxylic acids is 5. The van der Waals surface area contributed by atoms with E-state index in [4.69, 9.17) is 14.2 Å². The second kappa shape index (κ2) is 16.0. The zero-order chi connectivity index (χ0) is 39.9. The van der Waals surface area contributed by atoms with E-state index in [-0.39, 0.29) is 49.5 Å². The number of fused-ring (bicyclic) bond motifs is 4. The van der Waals surface area contributed by atoms with Gasteiger partial charge in [0.2, 0.25) is 21.8 Å². The van der Waals surface area contributed by atoms with Crippen LogP contribution in [0.2, 0.25) is 0 Å². The maximum Gasteiger partial charge on any atom is 0.408 e. The topological polar surface area (TPSA) is 203 Å². The third-order valence-electron chi connectivity index (χ3n) is 12.0. The van der Waals surface area contributed by atoms with Crippen molar-refractivity contribution in [2.75, 3.05) is 40.0 Å². The molecule has 57 heavy (non-hydrogen) atoms. The second-order valence-electron chi connectivity index (χ2n) is 15.9. The van der Waals surface area contributed by atoms with Crippen molar-refractivity contribution in [3.63, 3.8) is 0 Å². The van der Waals surface area contributed by atoms with Crippen molar-refractivity contribution < 1.29 is 46.6 Å². The van der Waals surface area contributed by atoms with Crippen LogP contribution in [0.4, 0.5) is 4.79 Å². The van der Waals surface area contributed by atoms with Crippen LogP contribution in [-0.4, -0.2) is 122 Å².